The van der Waals surface area contributed by atoms with E-state index in [2.05, 4.69) is 21.2 Å². The summed E-state index contributed by atoms with van der Waals surface area (Å²) in [5.41, 5.74) is 0.0256. The van der Waals surface area contributed by atoms with Gasteiger partial charge in [-0.1, -0.05) is 15.9 Å². The third kappa shape index (κ3) is 3.56. The highest BCUT2D eigenvalue weighted by atomic mass is 79.9. The van der Waals surface area contributed by atoms with Gasteiger partial charge in [0.2, 0.25) is 11.8 Å². The Morgan fingerprint density at radius 1 is 1.38 bits per heavy atom. The molecule has 1 aromatic rings. The summed E-state index contributed by atoms with van der Waals surface area (Å²) in [6.07, 6.45) is 0.311. The Labute approximate surface area is 132 Å². The van der Waals surface area contributed by atoms with E-state index in [9.17, 15) is 9.59 Å². The van der Waals surface area contributed by atoms with Gasteiger partial charge in [-0.05, 0) is 32.0 Å². The molecule has 1 aliphatic heterocycles. The third-order valence-electron chi connectivity index (χ3n) is 3.49. The van der Waals surface area contributed by atoms with Crippen LogP contribution in [0.1, 0.15) is 25.8 Å². The van der Waals surface area contributed by atoms with Crippen molar-refractivity contribution in [2.75, 3.05) is 13.7 Å². The maximum atomic E-state index is 12.6. The zero-order valence-corrected chi connectivity index (χ0v) is 14.0. The molecule has 0 atom stereocenters. The molecule has 21 heavy (non-hydrogen) atoms. The fourth-order valence-corrected chi connectivity index (χ4v) is 2.83. The summed E-state index contributed by atoms with van der Waals surface area (Å²) < 4.78 is 6.27. The van der Waals surface area contributed by atoms with Crippen LogP contribution in [0.25, 0.3) is 0 Å². The molecule has 0 aliphatic carbocycles. The number of nitrogens with one attached hydrogen (secondary N) is 1. The number of amides is 2. The maximum Gasteiger partial charge on any atom is 0.248 e. The van der Waals surface area contributed by atoms with Crippen molar-refractivity contribution < 1.29 is 14.3 Å². The number of rotatable bonds is 3. The van der Waals surface area contributed by atoms with E-state index in [1.807, 2.05) is 18.2 Å². The molecule has 5 nitrogen and oxygen atoms in total. The number of carbonyl (C=O) groups is 2. The topological polar surface area (TPSA) is 58.6 Å². The highest BCUT2D eigenvalue weighted by Gasteiger charge is 2.36. The summed E-state index contributed by atoms with van der Waals surface area (Å²) >= 11 is 3.43. The van der Waals surface area contributed by atoms with Gasteiger partial charge in [-0.3, -0.25) is 9.59 Å². The molecule has 2 rings (SSSR count). The number of carbonyl (C=O) groups excluding carboxylic acids is 2. The van der Waals surface area contributed by atoms with Gasteiger partial charge in [-0.2, -0.15) is 0 Å². The smallest absolute Gasteiger partial charge is 0.248 e. The second-order valence-electron chi connectivity index (χ2n) is 5.61. The van der Waals surface area contributed by atoms with Gasteiger partial charge in [0, 0.05) is 29.5 Å². The minimum absolute atomic E-state index is 0.0876. The molecule has 0 radical (unpaired) electrons. The first kappa shape index (κ1) is 15.8. The second kappa shape index (κ2) is 6.05. The third-order valence-corrected chi connectivity index (χ3v) is 3.98. The molecular weight excluding hydrogens is 336 g/mol. The van der Waals surface area contributed by atoms with Crippen LogP contribution in [0.4, 0.5) is 0 Å². The predicted octanol–water partition coefficient (Wildman–Crippen LogP) is 2.08. The first-order valence-electron chi connectivity index (χ1n) is 6.76. The molecule has 1 aromatic carbocycles. The normalized spacial score (nSPS) is 18.2. The van der Waals surface area contributed by atoms with E-state index in [4.69, 9.17) is 4.74 Å². The monoisotopic (exact) mass is 354 g/mol. The highest BCUT2D eigenvalue weighted by molar-refractivity contribution is 9.10. The molecule has 0 spiro atoms. The molecule has 0 unspecified atom stereocenters. The van der Waals surface area contributed by atoms with E-state index in [1.165, 1.54) is 0 Å². The lowest BCUT2D eigenvalue weighted by Gasteiger charge is -2.29. The van der Waals surface area contributed by atoms with Crippen molar-refractivity contribution in [3.05, 3.63) is 28.2 Å². The van der Waals surface area contributed by atoms with Gasteiger partial charge in [0.05, 0.1) is 7.11 Å². The maximum absolute atomic E-state index is 12.6. The zero-order valence-electron chi connectivity index (χ0n) is 12.4. The number of benzene rings is 1. The predicted molar refractivity (Wildman–Crippen MR) is 82.9 cm³/mol. The highest BCUT2D eigenvalue weighted by Crippen LogP contribution is 2.26. The molecule has 6 heteroatoms. The van der Waals surface area contributed by atoms with Crippen LogP contribution >= 0.6 is 15.9 Å². The van der Waals surface area contributed by atoms with Gasteiger partial charge in [-0.25, -0.2) is 0 Å². The van der Waals surface area contributed by atoms with Crippen LogP contribution in [0, 0.1) is 0 Å². The lowest BCUT2D eigenvalue weighted by Crippen LogP contribution is -2.52. The van der Waals surface area contributed by atoms with Crippen molar-refractivity contribution in [3.8, 4) is 5.75 Å². The summed E-state index contributed by atoms with van der Waals surface area (Å²) in [7, 11) is 1.60. The van der Waals surface area contributed by atoms with Crippen LogP contribution < -0.4 is 10.1 Å². The minimum Gasteiger partial charge on any atom is -0.496 e. The van der Waals surface area contributed by atoms with Gasteiger partial charge < -0.3 is 15.0 Å². The SMILES string of the molecule is COc1ccc(Br)cc1CN1CCC(=O)NC(C)(C)C1=O. The molecule has 1 N–H and O–H groups in total. The lowest BCUT2D eigenvalue weighted by atomic mass is 10.0. The van der Waals surface area contributed by atoms with Crippen LogP contribution in [0.15, 0.2) is 22.7 Å². The molecular formula is C15H19BrN2O3. The van der Waals surface area contributed by atoms with E-state index in [1.54, 1.807) is 25.9 Å². The van der Waals surface area contributed by atoms with Crippen LogP contribution in [0.5, 0.6) is 5.75 Å². The molecule has 2 amide bonds. The van der Waals surface area contributed by atoms with Crippen LogP contribution in [0.3, 0.4) is 0 Å². The Hall–Kier alpha value is -1.56. The fourth-order valence-electron chi connectivity index (χ4n) is 2.43. The Kier molecular flexibility index (Phi) is 4.56. The Balaban J connectivity index is 2.27. The van der Waals surface area contributed by atoms with E-state index >= 15 is 0 Å². The van der Waals surface area contributed by atoms with Crippen molar-refractivity contribution in [2.45, 2.75) is 32.4 Å². The van der Waals surface area contributed by atoms with Gasteiger partial charge >= 0.3 is 0 Å². The first-order chi connectivity index (χ1) is 9.83. The lowest BCUT2D eigenvalue weighted by molar-refractivity contribution is -0.137. The van der Waals surface area contributed by atoms with Crippen molar-refractivity contribution in [2.24, 2.45) is 0 Å². The van der Waals surface area contributed by atoms with Crippen molar-refractivity contribution in [1.82, 2.24) is 10.2 Å². The minimum atomic E-state index is -0.882. The number of ether oxygens (including phenoxy) is 1. The Morgan fingerprint density at radius 3 is 2.76 bits per heavy atom. The van der Waals surface area contributed by atoms with Gasteiger partial charge in [0.15, 0.2) is 0 Å². The van der Waals surface area contributed by atoms with Gasteiger partial charge in [-0.15, -0.1) is 0 Å². The van der Waals surface area contributed by atoms with Gasteiger partial charge in [0.25, 0.3) is 0 Å². The molecule has 0 saturated carbocycles. The molecule has 1 aliphatic rings. The van der Waals surface area contributed by atoms with Gasteiger partial charge in [0.1, 0.15) is 11.3 Å². The fraction of sp³-hybridized carbons (Fsp3) is 0.467. The molecule has 114 valence electrons. The van der Waals surface area contributed by atoms with E-state index in [0.717, 1.165) is 15.8 Å². The second-order valence-corrected chi connectivity index (χ2v) is 6.52. The average molecular weight is 355 g/mol. The summed E-state index contributed by atoms with van der Waals surface area (Å²) in [6, 6.07) is 5.68. The van der Waals surface area contributed by atoms with E-state index in [0.29, 0.717) is 19.5 Å². The number of halogens is 1. The molecule has 1 saturated heterocycles. The summed E-state index contributed by atoms with van der Waals surface area (Å²) in [5, 5.41) is 2.75. The van der Waals surface area contributed by atoms with Crippen LogP contribution in [-0.4, -0.2) is 35.9 Å². The molecule has 1 heterocycles. The number of methoxy groups -OCH3 is 1. The van der Waals surface area contributed by atoms with E-state index in [-0.39, 0.29) is 11.8 Å². The number of hydrogen-bond acceptors (Lipinski definition) is 3. The Morgan fingerprint density at radius 2 is 2.10 bits per heavy atom. The summed E-state index contributed by atoms with van der Waals surface area (Å²) in [5.74, 6) is 0.541. The standard InChI is InChI=1S/C15H19BrN2O3/c1-15(2)14(20)18(7-6-13(19)17-15)9-10-8-11(16)4-5-12(10)21-3/h4-5,8H,6-7,9H2,1-3H3,(H,17,19). The largest absolute Gasteiger partial charge is 0.496 e. The van der Waals surface area contributed by atoms with Crippen molar-refractivity contribution >= 4 is 27.7 Å². The van der Waals surface area contributed by atoms with Crippen LogP contribution in [-0.2, 0) is 16.1 Å². The first-order valence-corrected chi connectivity index (χ1v) is 7.55. The van der Waals surface area contributed by atoms with Crippen molar-refractivity contribution in [1.29, 1.82) is 0 Å². The summed E-state index contributed by atoms with van der Waals surface area (Å²) in [4.78, 5) is 26.0. The molecule has 1 fully saturated rings. The molecule has 0 aromatic heterocycles. The zero-order chi connectivity index (χ0) is 15.6. The number of nitrogens with zero attached hydrogens (tertiary/aromatic N) is 1. The van der Waals surface area contributed by atoms with E-state index < -0.39 is 5.54 Å². The molecule has 0 bridgehead atoms. The quantitative estimate of drug-likeness (QED) is 0.903. The van der Waals surface area contributed by atoms with Crippen molar-refractivity contribution in [3.63, 3.8) is 0 Å². The Bertz CT molecular complexity index is 572. The summed E-state index contributed by atoms with van der Waals surface area (Å²) in [6.45, 7) is 4.27. The van der Waals surface area contributed by atoms with Crippen LogP contribution in [0.2, 0.25) is 0 Å². The average Bonchev–Trinajstić information content (AvgIpc) is 2.50. The number of hydrogen-bond donors (Lipinski definition) is 1.